The van der Waals surface area contributed by atoms with E-state index in [2.05, 4.69) is 5.32 Å². The molecule has 146 valence electrons. The highest BCUT2D eigenvalue weighted by atomic mass is 16.6. The Morgan fingerprint density at radius 1 is 1.11 bits per heavy atom. The summed E-state index contributed by atoms with van der Waals surface area (Å²) in [6.07, 6.45) is -1.14. The minimum absolute atomic E-state index is 0.0925. The summed E-state index contributed by atoms with van der Waals surface area (Å²) >= 11 is 0. The molecule has 0 fully saturated rings. The van der Waals surface area contributed by atoms with Gasteiger partial charge in [0.2, 0.25) is 11.7 Å². The number of esters is 1. The van der Waals surface area contributed by atoms with Crippen LogP contribution >= 0.6 is 0 Å². The van der Waals surface area contributed by atoms with Gasteiger partial charge in [-0.3, -0.25) is 19.7 Å². The van der Waals surface area contributed by atoms with Crippen molar-refractivity contribution in [2.24, 2.45) is 0 Å². The Kier molecular flexibility index (Phi) is 6.43. The lowest BCUT2D eigenvalue weighted by molar-refractivity contribution is -0.384. The number of nitrogens with zero attached hydrogens (tertiary/aromatic N) is 1. The fourth-order valence-corrected chi connectivity index (χ4v) is 2.40. The second kappa shape index (κ2) is 8.76. The third kappa shape index (κ3) is 4.91. The van der Waals surface area contributed by atoms with Gasteiger partial charge in [-0.05, 0) is 37.3 Å². The van der Waals surface area contributed by atoms with Gasteiger partial charge in [0.05, 0.1) is 12.0 Å². The highest BCUT2D eigenvalue weighted by molar-refractivity contribution is 6.02. The van der Waals surface area contributed by atoms with Crippen LogP contribution in [0.15, 0.2) is 42.5 Å². The lowest BCUT2D eigenvalue weighted by Crippen LogP contribution is -2.24. The molecule has 9 nitrogen and oxygen atoms in total. The van der Waals surface area contributed by atoms with E-state index in [0.717, 1.165) is 6.07 Å². The average molecular weight is 386 g/mol. The van der Waals surface area contributed by atoms with E-state index < -0.39 is 22.8 Å². The molecule has 2 rings (SSSR count). The van der Waals surface area contributed by atoms with Gasteiger partial charge in [0.25, 0.3) is 5.69 Å². The predicted octanol–water partition coefficient (Wildman–Crippen LogP) is 2.99. The van der Waals surface area contributed by atoms with Crippen LogP contribution in [0.2, 0.25) is 0 Å². The zero-order chi connectivity index (χ0) is 20.8. The van der Waals surface area contributed by atoms with E-state index in [4.69, 9.17) is 9.47 Å². The number of nitrogens with one attached hydrogen (secondary N) is 1. The number of non-ortho nitro benzene ring substituents is 1. The molecule has 2 aromatic carbocycles. The number of anilines is 1. The molecule has 0 aliphatic rings. The van der Waals surface area contributed by atoms with E-state index in [1.165, 1.54) is 45.2 Å². The summed E-state index contributed by atoms with van der Waals surface area (Å²) in [6.45, 7) is 2.76. The summed E-state index contributed by atoms with van der Waals surface area (Å²) in [6, 6.07) is 9.58. The number of rotatable bonds is 7. The SMILES string of the molecule is COc1ccc([N+](=O)[O-])cc1C(=O)O[C@H](C)C(=O)c1ccc(NC(C)=O)cc1. The molecule has 0 bridgehead atoms. The first-order valence-electron chi connectivity index (χ1n) is 8.18. The van der Waals surface area contributed by atoms with Crippen molar-refractivity contribution in [3.8, 4) is 5.75 Å². The molecule has 0 unspecified atom stereocenters. The fraction of sp³-hybridized carbons (Fsp3) is 0.211. The second-order valence-corrected chi connectivity index (χ2v) is 5.81. The second-order valence-electron chi connectivity index (χ2n) is 5.81. The number of carbonyl (C=O) groups is 3. The summed E-state index contributed by atoms with van der Waals surface area (Å²) in [5.41, 5.74) is 0.341. The lowest BCUT2D eigenvalue weighted by Gasteiger charge is -2.14. The molecule has 0 aliphatic heterocycles. The van der Waals surface area contributed by atoms with Crippen molar-refractivity contribution < 1.29 is 28.8 Å². The highest BCUT2D eigenvalue weighted by Gasteiger charge is 2.24. The van der Waals surface area contributed by atoms with Crippen LogP contribution in [-0.2, 0) is 9.53 Å². The Morgan fingerprint density at radius 3 is 2.29 bits per heavy atom. The summed E-state index contributed by atoms with van der Waals surface area (Å²) in [7, 11) is 1.31. The van der Waals surface area contributed by atoms with E-state index in [1.807, 2.05) is 0 Å². The number of methoxy groups -OCH3 is 1. The van der Waals surface area contributed by atoms with Gasteiger partial charge in [-0.1, -0.05) is 0 Å². The average Bonchev–Trinajstić information content (AvgIpc) is 2.66. The van der Waals surface area contributed by atoms with Gasteiger partial charge in [-0.2, -0.15) is 0 Å². The standard InChI is InChI=1S/C19H18N2O7/c1-11(18(23)13-4-6-14(7-5-13)20-12(2)22)28-19(24)16-10-15(21(25)26)8-9-17(16)27-3/h4-11H,1-3H3,(H,20,22)/t11-/m1/s1. The van der Waals surface area contributed by atoms with Crippen LogP contribution in [0.1, 0.15) is 34.6 Å². The molecule has 1 amide bonds. The summed E-state index contributed by atoms with van der Waals surface area (Å²) in [5.74, 6) is -1.54. The van der Waals surface area contributed by atoms with Crippen molar-refractivity contribution in [3.05, 3.63) is 63.7 Å². The maximum atomic E-state index is 12.5. The van der Waals surface area contributed by atoms with Gasteiger partial charge in [0.15, 0.2) is 6.10 Å². The normalized spacial score (nSPS) is 11.2. The molecular formula is C19H18N2O7. The molecule has 0 saturated heterocycles. The number of ketones is 1. The number of amides is 1. The van der Waals surface area contributed by atoms with Crippen LogP contribution in [0.5, 0.6) is 5.75 Å². The number of ether oxygens (including phenoxy) is 2. The first-order chi connectivity index (χ1) is 13.2. The molecule has 0 spiro atoms. The number of hydrogen-bond donors (Lipinski definition) is 1. The molecule has 0 aliphatic carbocycles. The van der Waals surface area contributed by atoms with Crippen molar-refractivity contribution in [1.82, 2.24) is 0 Å². The number of carbonyl (C=O) groups excluding carboxylic acids is 3. The molecule has 28 heavy (non-hydrogen) atoms. The maximum Gasteiger partial charge on any atom is 0.342 e. The first kappa shape index (κ1) is 20.6. The fourth-order valence-electron chi connectivity index (χ4n) is 2.40. The summed E-state index contributed by atoms with van der Waals surface area (Å²) < 4.78 is 10.2. The Morgan fingerprint density at radius 2 is 1.75 bits per heavy atom. The maximum absolute atomic E-state index is 12.5. The third-order valence-electron chi connectivity index (χ3n) is 3.76. The Bertz CT molecular complexity index is 922. The van der Waals surface area contributed by atoms with Crippen LogP contribution in [0.3, 0.4) is 0 Å². The summed E-state index contributed by atoms with van der Waals surface area (Å²) in [4.78, 5) is 46.2. The molecule has 9 heteroatoms. The van der Waals surface area contributed by atoms with Crippen LogP contribution in [0.25, 0.3) is 0 Å². The van der Waals surface area contributed by atoms with Crippen LogP contribution in [0.4, 0.5) is 11.4 Å². The number of nitro groups is 1. The monoisotopic (exact) mass is 386 g/mol. The van der Waals surface area contributed by atoms with E-state index in [0.29, 0.717) is 5.69 Å². The minimum atomic E-state index is -1.14. The number of Topliss-reactive ketones (excluding diaryl/α,β-unsaturated/α-hetero) is 1. The largest absolute Gasteiger partial charge is 0.496 e. The molecule has 1 atom stereocenters. The Balaban J connectivity index is 2.15. The number of nitro benzene ring substituents is 1. The van der Waals surface area contributed by atoms with Crippen LogP contribution in [0, 0.1) is 10.1 Å². The molecule has 0 aromatic heterocycles. The highest BCUT2D eigenvalue weighted by Crippen LogP contribution is 2.25. The third-order valence-corrected chi connectivity index (χ3v) is 3.76. The summed E-state index contributed by atoms with van der Waals surface area (Å²) in [5, 5.41) is 13.5. The molecule has 2 aromatic rings. The van der Waals surface area contributed by atoms with Crippen LogP contribution < -0.4 is 10.1 Å². The molecule has 0 saturated carbocycles. The Hall–Kier alpha value is -3.75. The predicted molar refractivity (Wildman–Crippen MR) is 99.6 cm³/mol. The van der Waals surface area contributed by atoms with Crippen molar-refractivity contribution >= 4 is 29.0 Å². The van der Waals surface area contributed by atoms with Gasteiger partial charge in [0, 0.05) is 30.3 Å². The quantitative estimate of drug-likeness (QED) is 0.336. The lowest BCUT2D eigenvalue weighted by atomic mass is 10.1. The van der Waals surface area contributed by atoms with Gasteiger partial charge in [-0.15, -0.1) is 0 Å². The van der Waals surface area contributed by atoms with E-state index in [1.54, 1.807) is 12.1 Å². The van der Waals surface area contributed by atoms with Gasteiger partial charge in [-0.25, -0.2) is 4.79 Å². The zero-order valence-corrected chi connectivity index (χ0v) is 15.4. The Labute approximate surface area is 160 Å². The number of hydrogen-bond acceptors (Lipinski definition) is 7. The van der Waals surface area contributed by atoms with Crippen molar-refractivity contribution in [2.75, 3.05) is 12.4 Å². The van der Waals surface area contributed by atoms with Crippen LogP contribution in [-0.4, -0.2) is 35.8 Å². The van der Waals surface area contributed by atoms with E-state index in [-0.39, 0.29) is 28.5 Å². The zero-order valence-electron chi connectivity index (χ0n) is 15.4. The number of benzene rings is 2. The molecule has 0 radical (unpaired) electrons. The van der Waals surface area contributed by atoms with Crippen molar-refractivity contribution in [3.63, 3.8) is 0 Å². The van der Waals surface area contributed by atoms with Gasteiger partial charge in [0.1, 0.15) is 11.3 Å². The smallest absolute Gasteiger partial charge is 0.342 e. The molecular weight excluding hydrogens is 368 g/mol. The van der Waals surface area contributed by atoms with Gasteiger partial charge < -0.3 is 14.8 Å². The topological polar surface area (TPSA) is 125 Å². The van der Waals surface area contributed by atoms with E-state index >= 15 is 0 Å². The van der Waals surface area contributed by atoms with Crippen molar-refractivity contribution in [2.45, 2.75) is 20.0 Å². The van der Waals surface area contributed by atoms with Gasteiger partial charge >= 0.3 is 5.97 Å². The molecule has 0 heterocycles. The van der Waals surface area contributed by atoms with Crippen molar-refractivity contribution in [1.29, 1.82) is 0 Å². The van der Waals surface area contributed by atoms with E-state index in [9.17, 15) is 24.5 Å². The first-order valence-corrected chi connectivity index (χ1v) is 8.18. The molecule has 1 N–H and O–H groups in total. The minimum Gasteiger partial charge on any atom is -0.496 e.